The molecule has 0 bridgehead atoms. The summed E-state index contributed by atoms with van der Waals surface area (Å²) in [5.74, 6) is 0.0368. The van der Waals surface area contributed by atoms with Gasteiger partial charge in [-0.25, -0.2) is 22.0 Å². The van der Waals surface area contributed by atoms with E-state index >= 15 is 0 Å². The first-order valence-electron chi connectivity index (χ1n) is 8.77. The molecule has 0 radical (unpaired) electrons. The average molecular weight is 422 g/mol. The SMILES string of the molecule is NS(=O)(=O)c1ccc2c(c1)CCN2S(=O)(=O)c1ccc(N2CCCC2=O)cc1. The fourth-order valence-electron chi connectivity index (χ4n) is 3.62. The summed E-state index contributed by atoms with van der Waals surface area (Å²) in [5, 5.41) is 5.15. The van der Waals surface area contributed by atoms with Crippen LogP contribution in [0.15, 0.2) is 52.3 Å². The van der Waals surface area contributed by atoms with Crippen molar-refractivity contribution in [2.45, 2.75) is 29.1 Å². The molecule has 2 aromatic carbocycles. The molecule has 0 aliphatic carbocycles. The molecule has 2 heterocycles. The number of amides is 1. The monoisotopic (exact) mass is 421 g/mol. The molecule has 4 rings (SSSR count). The summed E-state index contributed by atoms with van der Waals surface area (Å²) in [4.78, 5) is 13.6. The van der Waals surface area contributed by atoms with E-state index in [2.05, 4.69) is 0 Å². The average Bonchev–Trinajstić information content (AvgIpc) is 3.27. The maximum atomic E-state index is 13.1. The van der Waals surface area contributed by atoms with Crippen molar-refractivity contribution < 1.29 is 21.6 Å². The molecule has 2 aliphatic rings. The summed E-state index contributed by atoms with van der Waals surface area (Å²) in [7, 11) is -7.65. The highest BCUT2D eigenvalue weighted by Crippen LogP contribution is 2.34. The van der Waals surface area contributed by atoms with Crippen LogP contribution >= 0.6 is 0 Å². The van der Waals surface area contributed by atoms with Gasteiger partial charge < -0.3 is 4.90 Å². The number of nitrogens with zero attached hydrogens (tertiary/aromatic N) is 2. The van der Waals surface area contributed by atoms with Crippen molar-refractivity contribution in [2.75, 3.05) is 22.3 Å². The zero-order valence-electron chi connectivity index (χ0n) is 14.9. The maximum Gasteiger partial charge on any atom is 0.264 e. The number of sulfonamides is 2. The molecule has 1 fully saturated rings. The summed E-state index contributed by atoms with van der Waals surface area (Å²) < 4.78 is 50.5. The molecule has 8 nitrogen and oxygen atoms in total. The van der Waals surface area contributed by atoms with Crippen molar-refractivity contribution >= 4 is 37.3 Å². The van der Waals surface area contributed by atoms with Crippen molar-refractivity contribution in [3.63, 3.8) is 0 Å². The standard InChI is InChI=1S/C18H19N3O5S2/c19-27(23,24)16-7-8-17-13(12-16)9-11-21(17)28(25,26)15-5-3-14(4-6-15)20-10-1-2-18(20)22/h3-8,12H,1-2,9-11H2,(H2,19,23,24). The fourth-order valence-corrected chi connectivity index (χ4v) is 5.69. The number of fused-ring (bicyclic) bond motifs is 1. The number of benzene rings is 2. The molecule has 148 valence electrons. The Kier molecular flexibility index (Phi) is 4.44. The van der Waals surface area contributed by atoms with Crippen LogP contribution in [0.4, 0.5) is 11.4 Å². The topological polar surface area (TPSA) is 118 Å². The van der Waals surface area contributed by atoms with E-state index in [-0.39, 0.29) is 22.2 Å². The highest BCUT2D eigenvalue weighted by Gasteiger charge is 2.32. The van der Waals surface area contributed by atoms with Gasteiger partial charge in [-0.15, -0.1) is 0 Å². The molecule has 28 heavy (non-hydrogen) atoms. The van der Waals surface area contributed by atoms with E-state index in [1.807, 2.05) is 0 Å². The molecule has 0 unspecified atom stereocenters. The van der Waals surface area contributed by atoms with Gasteiger partial charge in [-0.2, -0.15) is 0 Å². The van der Waals surface area contributed by atoms with Crippen molar-refractivity contribution in [1.29, 1.82) is 0 Å². The van der Waals surface area contributed by atoms with E-state index in [1.54, 1.807) is 17.0 Å². The van der Waals surface area contributed by atoms with E-state index in [0.29, 0.717) is 36.3 Å². The lowest BCUT2D eigenvalue weighted by Crippen LogP contribution is -2.29. The van der Waals surface area contributed by atoms with Crippen LogP contribution in [-0.2, 0) is 31.3 Å². The van der Waals surface area contributed by atoms with Gasteiger partial charge in [0.2, 0.25) is 15.9 Å². The quantitative estimate of drug-likeness (QED) is 0.796. The molecule has 0 spiro atoms. The van der Waals surface area contributed by atoms with Gasteiger partial charge in [0.05, 0.1) is 15.5 Å². The first kappa shape index (κ1) is 18.9. The minimum Gasteiger partial charge on any atom is -0.312 e. The Balaban J connectivity index is 1.64. The molecule has 2 aliphatic heterocycles. The number of primary sulfonamides is 1. The predicted molar refractivity (Wildman–Crippen MR) is 104 cm³/mol. The third kappa shape index (κ3) is 3.17. The number of rotatable bonds is 4. The third-order valence-electron chi connectivity index (χ3n) is 5.04. The van der Waals surface area contributed by atoms with E-state index in [4.69, 9.17) is 5.14 Å². The van der Waals surface area contributed by atoms with Gasteiger partial charge in [-0.1, -0.05) is 0 Å². The van der Waals surface area contributed by atoms with Crippen LogP contribution in [-0.4, -0.2) is 35.8 Å². The molecule has 1 saturated heterocycles. The van der Waals surface area contributed by atoms with Gasteiger partial charge >= 0.3 is 0 Å². The fraction of sp³-hybridized carbons (Fsp3) is 0.278. The van der Waals surface area contributed by atoms with Crippen LogP contribution in [0.1, 0.15) is 18.4 Å². The second-order valence-corrected chi connectivity index (χ2v) is 10.2. The smallest absolute Gasteiger partial charge is 0.264 e. The van der Waals surface area contributed by atoms with Crippen molar-refractivity contribution in [3.8, 4) is 0 Å². The summed E-state index contributed by atoms with van der Waals surface area (Å²) in [6.07, 6.45) is 1.70. The van der Waals surface area contributed by atoms with Crippen LogP contribution in [0, 0.1) is 0 Å². The molecule has 1 amide bonds. The Morgan fingerprint density at radius 1 is 0.857 bits per heavy atom. The predicted octanol–water partition coefficient (Wildman–Crippen LogP) is 1.21. The van der Waals surface area contributed by atoms with Gasteiger partial charge in [0.15, 0.2) is 0 Å². The van der Waals surface area contributed by atoms with E-state index in [1.165, 1.54) is 34.6 Å². The second kappa shape index (κ2) is 6.57. The van der Waals surface area contributed by atoms with Gasteiger partial charge in [0.25, 0.3) is 10.0 Å². The summed E-state index contributed by atoms with van der Waals surface area (Å²) in [5.41, 5.74) is 1.75. The zero-order chi connectivity index (χ0) is 20.1. The van der Waals surface area contributed by atoms with E-state index in [9.17, 15) is 21.6 Å². The van der Waals surface area contributed by atoms with E-state index < -0.39 is 20.0 Å². The second-order valence-electron chi connectivity index (χ2n) is 6.81. The van der Waals surface area contributed by atoms with E-state index in [0.717, 1.165) is 6.42 Å². The number of nitrogens with two attached hydrogens (primary N) is 1. The van der Waals surface area contributed by atoms with Gasteiger partial charge in [0, 0.05) is 25.2 Å². The summed E-state index contributed by atoms with van der Waals surface area (Å²) >= 11 is 0. The van der Waals surface area contributed by atoms with Crippen molar-refractivity contribution in [2.24, 2.45) is 5.14 Å². The highest BCUT2D eigenvalue weighted by atomic mass is 32.2. The van der Waals surface area contributed by atoms with Crippen LogP contribution in [0.5, 0.6) is 0 Å². The number of hydrogen-bond acceptors (Lipinski definition) is 5. The number of anilines is 2. The van der Waals surface area contributed by atoms with Crippen LogP contribution in [0.2, 0.25) is 0 Å². The summed E-state index contributed by atoms with van der Waals surface area (Å²) in [6, 6.07) is 10.5. The zero-order valence-corrected chi connectivity index (χ0v) is 16.5. The third-order valence-corrected chi connectivity index (χ3v) is 7.78. The Bertz CT molecular complexity index is 1160. The lowest BCUT2D eigenvalue weighted by Gasteiger charge is -2.21. The van der Waals surface area contributed by atoms with Crippen LogP contribution in [0.3, 0.4) is 0 Å². The lowest BCUT2D eigenvalue weighted by molar-refractivity contribution is -0.117. The largest absolute Gasteiger partial charge is 0.312 e. The summed E-state index contributed by atoms with van der Waals surface area (Å²) in [6.45, 7) is 0.856. The highest BCUT2D eigenvalue weighted by molar-refractivity contribution is 7.92. The van der Waals surface area contributed by atoms with Gasteiger partial charge in [-0.05, 0) is 60.9 Å². The Morgan fingerprint density at radius 3 is 2.14 bits per heavy atom. The molecule has 0 atom stereocenters. The number of hydrogen-bond donors (Lipinski definition) is 1. The number of carbonyl (C=O) groups is 1. The van der Waals surface area contributed by atoms with Crippen molar-refractivity contribution in [1.82, 2.24) is 0 Å². The molecule has 2 N–H and O–H groups in total. The Morgan fingerprint density at radius 2 is 1.54 bits per heavy atom. The molecule has 10 heteroatoms. The van der Waals surface area contributed by atoms with Gasteiger partial charge in [0.1, 0.15) is 0 Å². The molecule has 0 saturated carbocycles. The Hall–Kier alpha value is -2.43. The minimum atomic E-state index is -3.85. The molecular formula is C18H19N3O5S2. The first-order chi connectivity index (χ1) is 13.2. The van der Waals surface area contributed by atoms with Gasteiger partial charge in [-0.3, -0.25) is 9.10 Å². The lowest BCUT2D eigenvalue weighted by atomic mass is 10.2. The van der Waals surface area contributed by atoms with Crippen LogP contribution < -0.4 is 14.3 Å². The molecule has 0 aromatic heterocycles. The molecule has 2 aromatic rings. The molecular weight excluding hydrogens is 402 g/mol. The maximum absolute atomic E-state index is 13.1. The number of carbonyl (C=O) groups excluding carboxylic acids is 1. The normalized spacial score (nSPS) is 17.2. The van der Waals surface area contributed by atoms with Crippen LogP contribution in [0.25, 0.3) is 0 Å². The Labute approximate surface area is 163 Å². The minimum absolute atomic E-state index is 0.0368. The van der Waals surface area contributed by atoms with Crippen molar-refractivity contribution in [3.05, 3.63) is 48.0 Å². The first-order valence-corrected chi connectivity index (χ1v) is 11.8.